The highest BCUT2D eigenvalue weighted by Crippen LogP contribution is 2.25. The summed E-state index contributed by atoms with van der Waals surface area (Å²) in [6.07, 6.45) is 0.830. The van der Waals surface area contributed by atoms with E-state index in [1.54, 1.807) is 4.90 Å². The third-order valence-electron chi connectivity index (χ3n) is 4.18. The van der Waals surface area contributed by atoms with Crippen molar-refractivity contribution in [1.29, 1.82) is 0 Å². The van der Waals surface area contributed by atoms with E-state index in [2.05, 4.69) is 5.32 Å². The molecule has 24 heavy (non-hydrogen) atoms. The zero-order chi connectivity index (χ0) is 17.9. The van der Waals surface area contributed by atoms with E-state index in [1.165, 1.54) is 0 Å². The van der Waals surface area contributed by atoms with Gasteiger partial charge < -0.3 is 10.4 Å². The molecular formula is C16H19F3N2O3. The van der Waals surface area contributed by atoms with E-state index in [4.69, 9.17) is 5.11 Å². The lowest BCUT2D eigenvalue weighted by Crippen LogP contribution is -2.55. The molecule has 0 spiro atoms. The van der Waals surface area contributed by atoms with Gasteiger partial charge in [0.1, 0.15) is 5.82 Å². The van der Waals surface area contributed by atoms with Crippen LogP contribution in [-0.4, -0.2) is 47.1 Å². The normalized spacial score (nSPS) is 19.9. The smallest absolute Gasteiger partial charge is 0.317 e. The van der Waals surface area contributed by atoms with Gasteiger partial charge in [-0.15, -0.1) is 0 Å². The molecule has 0 saturated heterocycles. The number of nitrogens with zero attached hydrogens (tertiary/aromatic N) is 1. The topological polar surface area (TPSA) is 69.6 Å². The third-order valence-corrected chi connectivity index (χ3v) is 4.18. The van der Waals surface area contributed by atoms with Gasteiger partial charge in [-0.05, 0) is 25.5 Å². The van der Waals surface area contributed by atoms with Crippen molar-refractivity contribution < 1.29 is 27.9 Å². The SMILES string of the molecule is CCN(CC(=O)O)C1CC(NC(=O)Cc2cc(F)c(F)cc2F)C1. The van der Waals surface area contributed by atoms with Gasteiger partial charge in [0.2, 0.25) is 5.91 Å². The number of likely N-dealkylation sites (N-methyl/N-ethyl adjacent to an activating group) is 1. The molecule has 0 aliphatic heterocycles. The van der Waals surface area contributed by atoms with Crippen molar-refractivity contribution in [3.63, 3.8) is 0 Å². The standard InChI is InChI=1S/C16H19F3N2O3/c1-2-21(8-16(23)24)11-5-10(6-11)20-15(22)4-9-3-13(18)14(19)7-12(9)17/h3,7,10-11H,2,4-6,8H2,1H3,(H,20,22)(H,23,24). The van der Waals surface area contributed by atoms with Crippen LogP contribution in [0.2, 0.25) is 0 Å². The second-order valence-corrected chi connectivity index (χ2v) is 5.88. The summed E-state index contributed by atoms with van der Waals surface area (Å²) in [5.74, 6) is -4.84. The van der Waals surface area contributed by atoms with Gasteiger partial charge in [0.15, 0.2) is 11.6 Å². The molecule has 2 N–H and O–H groups in total. The van der Waals surface area contributed by atoms with E-state index < -0.39 is 29.3 Å². The third kappa shape index (κ3) is 4.47. The van der Waals surface area contributed by atoms with Crippen molar-refractivity contribution in [2.24, 2.45) is 0 Å². The summed E-state index contributed by atoms with van der Waals surface area (Å²) in [7, 11) is 0. The first-order valence-corrected chi connectivity index (χ1v) is 7.68. The largest absolute Gasteiger partial charge is 0.480 e. The average molecular weight is 344 g/mol. The van der Waals surface area contributed by atoms with E-state index in [9.17, 15) is 22.8 Å². The fraction of sp³-hybridized carbons (Fsp3) is 0.500. The van der Waals surface area contributed by atoms with Crippen LogP contribution in [0.3, 0.4) is 0 Å². The molecular weight excluding hydrogens is 325 g/mol. The molecule has 1 fully saturated rings. The number of carboxylic acid groups (broad SMARTS) is 1. The monoisotopic (exact) mass is 344 g/mol. The molecule has 132 valence electrons. The molecule has 1 amide bonds. The second kappa shape index (κ2) is 7.65. The van der Waals surface area contributed by atoms with Crippen molar-refractivity contribution >= 4 is 11.9 Å². The van der Waals surface area contributed by atoms with Crippen LogP contribution in [0.1, 0.15) is 25.3 Å². The fourth-order valence-corrected chi connectivity index (χ4v) is 2.83. The van der Waals surface area contributed by atoms with Crippen LogP contribution in [0.5, 0.6) is 0 Å². The zero-order valence-electron chi connectivity index (χ0n) is 13.2. The lowest BCUT2D eigenvalue weighted by molar-refractivity contribution is -0.139. The van der Waals surface area contributed by atoms with Crippen LogP contribution < -0.4 is 5.32 Å². The van der Waals surface area contributed by atoms with Crippen LogP contribution >= 0.6 is 0 Å². The number of carbonyl (C=O) groups excluding carboxylic acids is 1. The predicted octanol–water partition coefficient (Wildman–Crippen LogP) is 1.70. The Morgan fingerprint density at radius 3 is 2.42 bits per heavy atom. The second-order valence-electron chi connectivity index (χ2n) is 5.88. The first-order valence-electron chi connectivity index (χ1n) is 7.68. The molecule has 5 nitrogen and oxygen atoms in total. The van der Waals surface area contributed by atoms with Crippen molar-refractivity contribution in [2.45, 2.75) is 38.3 Å². The fourth-order valence-electron chi connectivity index (χ4n) is 2.83. The van der Waals surface area contributed by atoms with Gasteiger partial charge in [0, 0.05) is 23.7 Å². The summed E-state index contributed by atoms with van der Waals surface area (Å²) in [5, 5.41) is 11.5. The van der Waals surface area contributed by atoms with Gasteiger partial charge in [-0.1, -0.05) is 6.92 Å². The minimum absolute atomic E-state index is 0.0537. The lowest BCUT2D eigenvalue weighted by atomic mass is 9.85. The van der Waals surface area contributed by atoms with E-state index in [0.717, 1.165) is 0 Å². The molecule has 1 aromatic carbocycles. The van der Waals surface area contributed by atoms with Crippen molar-refractivity contribution in [2.75, 3.05) is 13.1 Å². The van der Waals surface area contributed by atoms with Gasteiger partial charge in [-0.2, -0.15) is 0 Å². The molecule has 0 bridgehead atoms. The molecule has 0 radical (unpaired) electrons. The van der Waals surface area contributed by atoms with Gasteiger partial charge in [0.05, 0.1) is 13.0 Å². The molecule has 1 aliphatic carbocycles. The summed E-state index contributed by atoms with van der Waals surface area (Å²) in [5.41, 5.74) is -0.205. The number of carbonyl (C=O) groups is 2. The molecule has 8 heteroatoms. The van der Waals surface area contributed by atoms with E-state index in [1.807, 2.05) is 6.92 Å². The van der Waals surface area contributed by atoms with Gasteiger partial charge in [-0.3, -0.25) is 14.5 Å². The maximum absolute atomic E-state index is 13.5. The highest BCUT2D eigenvalue weighted by Gasteiger charge is 2.34. The molecule has 0 heterocycles. The number of carboxylic acids is 1. The van der Waals surface area contributed by atoms with Crippen molar-refractivity contribution in [1.82, 2.24) is 10.2 Å². The number of hydrogen-bond acceptors (Lipinski definition) is 3. The van der Waals surface area contributed by atoms with Crippen LogP contribution in [0.4, 0.5) is 13.2 Å². The number of amides is 1. The van der Waals surface area contributed by atoms with Crippen LogP contribution in [-0.2, 0) is 16.0 Å². The van der Waals surface area contributed by atoms with Crippen molar-refractivity contribution in [3.05, 3.63) is 35.1 Å². The highest BCUT2D eigenvalue weighted by molar-refractivity contribution is 5.79. The Morgan fingerprint density at radius 1 is 1.21 bits per heavy atom. The molecule has 1 aromatic rings. The molecule has 1 aliphatic rings. The summed E-state index contributed by atoms with van der Waals surface area (Å²) in [4.78, 5) is 24.4. The molecule has 2 rings (SSSR count). The summed E-state index contributed by atoms with van der Waals surface area (Å²) in [6, 6.07) is 1.05. The highest BCUT2D eigenvalue weighted by atomic mass is 19.2. The Bertz CT molecular complexity index is 633. The van der Waals surface area contributed by atoms with Gasteiger partial charge >= 0.3 is 5.97 Å². The number of hydrogen-bond donors (Lipinski definition) is 2. The summed E-state index contributed by atoms with van der Waals surface area (Å²) < 4.78 is 39.5. The number of benzene rings is 1. The molecule has 0 aromatic heterocycles. The Hall–Kier alpha value is -2.09. The summed E-state index contributed by atoms with van der Waals surface area (Å²) in [6.45, 7) is 2.40. The minimum Gasteiger partial charge on any atom is -0.480 e. The molecule has 1 saturated carbocycles. The summed E-state index contributed by atoms with van der Waals surface area (Å²) >= 11 is 0. The van der Waals surface area contributed by atoms with Crippen molar-refractivity contribution in [3.8, 4) is 0 Å². The molecule has 0 atom stereocenters. The quantitative estimate of drug-likeness (QED) is 0.739. The number of halogens is 3. The molecule has 0 unspecified atom stereocenters. The van der Waals surface area contributed by atoms with Crippen LogP contribution in [0, 0.1) is 17.5 Å². The van der Waals surface area contributed by atoms with Gasteiger partial charge in [0.25, 0.3) is 0 Å². The zero-order valence-corrected chi connectivity index (χ0v) is 13.2. The van der Waals surface area contributed by atoms with Crippen LogP contribution in [0.15, 0.2) is 12.1 Å². The Kier molecular flexibility index (Phi) is 5.82. The Balaban J connectivity index is 1.83. The number of nitrogens with one attached hydrogen (secondary N) is 1. The maximum Gasteiger partial charge on any atom is 0.317 e. The first kappa shape index (κ1) is 18.3. The van der Waals surface area contributed by atoms with E-state index >= 15 is 0 Å². The first-order chi connectivity index (χ1) is 11.3. The van der Waals surface area contributed by atoms with E-state index in [0.29, 0.717) is 31.5 Å². The minimum atomic E-state index is -1.29. The van der Waals surface area contributed by atoms with Gasteiger partial charge in [-0.25, -0.2) is 13.2 Å². The Morgan fingerprint density at radius 2 is 1.83 bits per heavy atom. The Labute approximate surface area is 137 Å². The predicted molar refractivity (Wildman–Crippen MR) is 79.9 cm³/mol. The van der Waals surface area contributed by atoms with E-state index in [-0.39, 0.29) is 30.6 Å². The number of aliphatic carboxylic acids is 1. The maximum atomic E-state index is 13.5. The lowest BCUT2D eigenvalue weighted by Gasteiger charge is -2.42. The van der Waals surface area contributed by atoms with Crippen LogP contribution in [0.25, 0.3) is 0 Å². The average Bonchev–Trinajstić information content (AvgIpc) is 2.45. The number of rotatable bonds is 7.